The zero-order valence-corrected chi connectivity index (χ0v) is 49.6. The molecule has 7 aromatic rings. The van der Waals surface area contributed by atoms with Crippen LogP contribution in [0.4, 0.5) is 94.2 Å². The molecular formula is C62H61F9N16O6. The number of nitrogens with zero attached hydrogens (tertiary/aromatic N) is 13. The largest absolute Gasteiger partial charge is 0.475 e. The van der Waals surface area contributed by atoms with Crippen molar-refractivity contribution in [3.8, 4) is 40.0 Å². The van der Waals surface area contributed by atoms with E-state index in [1.807, 2.05) is 11.8 Å². The van der Waals surface area contributed by atoms with E-state index in [2.05, 4.69) is 60.6 Å². The van der Waals surface area contributed by atoms with Crippen molar-refractivity contribution >= 4 is 58.4 Å². The monoisotopic (exact) mass is 1300 g/mol. The molecule has 0 radical (unpaired) electrons. The second-order valence-corrected chi connectivity index (χ2v) is 23.1. The summed E-state index contributed by atoms with van der Waals surface area (Å²) in [5.41, 5.74) is 0.482. The number of benzene rings is 3. The third kappa shape index (κ3) is 13.5. The minimum absolute atomic E-state index is 0.00619. The number of amides is 6. The van der Waals surface area contributed by atoms with Crippen molar-refractivity contribution in [1.82, 2.24) is 45.5 Å². The number of urea groups is 3. The number of aliphatic hydroxyl groups excluding tert-OH is 2. The Kier molecular flexibility index (Phi) is 17.6. The number of carbonyl (C=O) groups excluding carboxylic acids is 3. The smallest absolute Gasteiger partial charge is 0.416 e. The van der Waals surface area contributed by atoms with Gasteiger partial charge >= 0.3 is 36.6 Å². The fourth-order valence-corrected chi connectivity index (χ4v) is 12.0. The average molecular weight is 1300 g/mol. The van der Waals surface area contributed by atoms with Gasteiger partial charge in [0, 0.05) is 74.6 Å². The topological polar surface area (TPSA) is 247 Å². The molecule has 0 unspecified atom stereocenters. The van der Waals surface area contributed by atoms with Gasteiger partial charge in [0.1, 0.15) is 18.5 Å². The number of ether oxygens (including phenoxy) is 1. The maximum Gasteiger partial charge on any atom is 0.416 e. The highest BCUT2D eigenvalue weighted by molar-refractivity contribution is 6.04. The predicted molar refractivity (Wildman–Crippen MR) is 324 cm³/mol. The summed E-state index contributed by atoms with van der Waals surface area (Å²) in [5, 5.41) is 27.0. The molecule has 31 heteroatoms. The van der Waals surface area contributed by atoms with Crippen molar-refractivity contribution in [2.24, 2.45) is 0 Å². The van der Waals surface area contributed by atoms with Gasteiger partial charge in [-0.15, -0.1) is 0 Å². The molecule has 4 aromatic heterocycles. The molecule has 4 atom stereocenters. The number of rotatable bonds is 10. The lowest BCUT2D eigenvalue weighted by Crippen LogP contribution is -2.54. The summed E-state index contributed by atoms with van der Waals surface area (Å²) in [7, 11) is 0. The Morgan fingerprint density at radius 2 is 0.968 bits per heavy atom. The molecule has 5 N–H and O–H groups in total. The third-order valence-corrected chi connectivity index (χ3v) is 16.9. The van der Waals surface area contributed by atoms with E-state index in [1.54, 1.807) is 46.5 Å². The molecule has 3 aromatic carbocycles. The van der Waals surface area contributed by atoms with Crippen molar-refractivity contribution in [2.45, 2.75) is 94.2 Å². The summed E-state index contributed by atoms with van der Waals surface area (Å²) in [6.07, 6.45) is -4.35. The number of halogens is 9. The first kappa shape index (κ1) is 63.5. The van der Waals surface area contributed by atoms with Crippen LogP contribution in [0.2, 0.25) is 0 Å². The Hall–Kier alpha value is -9.65. The minimum Gasteiger partial charge on any atom is -0.475 e. The molecule has 1 aliphatic carbocycles. The number of carbonyl (C=O) groups is 3. The van der Waals surface area contributed by atoms with E-state index in [0.717, 1.165) is 99.5 Å². The maximum absolute atomic E-state index is 13.4. The van der Waals surface area contributed by atoms with E-state index in [0.29, 0.717) is 55.7 Å². The molecule has 4 fully saturated rings. The number of hydrogen-bond acceptors (Lipinski definition) is 16. The van der Waals surface area contributed by atoms with Gasteiger partial charge in [-0.05, 0) is 87.9 Å². The Labute approximate surface area is 525 Å². The number of pyridine rings is 1. The molecule has 6 amide bonds. The van der Waals surface area contributed by atoms with Crippen LogP contribution in [-0.4, -0.2) is 152 Å². The molecule has 22 nitrogen and oxygen atoms in total. The maximum atomic E-state index is 13.4. The van der Waals surface area contributed by atoms with Gasteiger partial charge in [0.2, 0.25) is 5.88 Å². The quantitative estimate of drug-likeness (QED) is 0.0800. The molecule has 6 aliphatic heterocycles. The predicted octanol–water partition coefficient (Wildman–Crippen LogP) is 10.0. The van der Waals surface area contributed by atoms with Crippen molar-refractivity contribution in [1.29, 1.82) is 0 Å². The lowest BCUT2D eigenvalue weighted by Gasteiger charge is -2.37. The van der Waals surface area contributed by atoms with Gasteiger partial charge in [0.05, 0.1) is 77.1 Å². The van der Waals surface area contributed by atoms with Gasteiger partial charge in [-0.3, -0.25) is 20.0 Å². The first-order valence-corrected chi connectivity index (χ1v) is 30.1. The van der Waals surface area contributed by atoms with Crippen LogP contribution in [-0.2, 0) is 18.5 Å². The van der Waals surface area contributed by atoms with E-state index in [1.165, 1.54) is 41.4 Å². The van der Waals surface area contributed by atoms with Crippen molar-refractivity contribution in [2.75, 3.05) is 93.7 Å². The van der Waals surface area contributed by atoms with Gasteiger partial charge in [0.25, 0.3) is 0 Å². The van der Waals surface area contributed by atoms with Gasteiger partial charge in [-0.1, -0.05) is 42.5 Å². The van der Waals surface area contributed by atoms with E-state index in [-0.39, 0.29) is 88.7 Å². The number of aliphatic hydroxyl groups is 2. The molecule has 3 saturated heterocycles. The van der Waals surface area contributed by atoms with Crippen LogP contribution in [0.1, 0.15) is 62.1 Å². The first-order valence-electron chi connectivity index (χ1n) is 30.1. The summed E-state index contributed by atoms with van der Waals surface area (Å²) in [6, 6.07) is 18.3. The first-order chi connectivity index (χ1) is 44.5. The second kappa shape index (κ2) is 25.8. The van der Waals surface area contributed by atoms with Crippen LogP contribution < -0.4 is 50.1 Å². The lowest BCUT2D eigenvalue weighted by atomic mass is 9.93. The summed E-state index contributed by atoms with van der Waals surface area (Å²) >= 11 is 0. The molecule has 488 valence electrons. The fraction of sp³-hybridized carbons (Fsp3) is 0.387. The summed E-state index contributed by atoms with van der Waals surface area (Å²) in [5.74, 6) is 1.96. The molecule has 14 rings (SSSR count). The Morgan fingerprint density at radius 3 is 1.35 bits per heavy atom. The van der Waals surface area contributed by atoms with Gasteiger partial charge in [0.15, 0.2) is 34.9 Å². The number of fused-ring (bicyclic) bond motifs is 12. The van der Waals surface area contributed by atoms with Crippen molar-refractivity contribution < 1.29 is 68.8 Å². The average Bonchev–Trinajstić information content (AvgIpc) is 1.71. The lowest BCUT2D eigenvalue weighted by molar-refractivity contribution is -0.138. The van der Waals surface area contributed by atoms with E-state index in [9.17, 15) is 59.0 Å². The molecule has 1 saturated carbocycles. The number of alkyl halides is 9. The molecule has 6 bridgehead atoms. The normalized spacial score (nSPS) is 18.8. The van der Waals surface area contributed by atoms with Crippen LogP contribution in [0.5, 0.6) is 5.88 Å². The highest BCUT2D eigenvalue weighted by atomic mass is 19.4. The zero-order valence-electron chi connectivity index (χ0n) is 49.6. The highest BCUT2D eigenvalue weighted by Crippen LogP contribution is 2.44. The summed E-state index contributed by atoms with van der Waals surface area (Å²) < 4.78 is 123. The van der Waals surface area contributed by atoms with E-state index >= 15 is 0 Å². The van der Waals surface area contributed by atoms with Crippen LogP contribution in [0.15, 0.2) is 110 Å². The minimum atomic E-state index is -4.51. The summed E-state index contributed by atoms with van der Waals surface area (Å²) in [6.45, 7) is 5.95. The van der Waals surface area contributed by atoms with Crippen molar-refractivity contribution in [3.63, 3.8) is 0 Å². The number of anilines is 7. The zero-order chi connectivity index (χ0) is 65.5. The third-order valence-electron chi connectivity index (χ3n) is 16.9. The van der Waals surface area contributed by atoms with Crippen LogP contribution in [0.3, 0.4) is 0 Å². The standard InChI is InChI=1S/C24H23F3N6O4.C20H20F3N5O.C18H18F3N5O/c25-24(26,27)15-4-1-3-14(9-15)21-28-10-18-22(31-21)33(16-7-8-32(18)11-16)23(36)30-19-5-2-6-20(29-19)37-13-17(35)12-34;21-20(22,23)13-4-1-3-12(9-13)17-24-10-16-18(26-17)28(15-7-8-27(16)11-15)19(29)25-14-5-2-6-14;1-2-22-17(27)26-13-6-7-25(10-13)14-9-23-15(24-16(14)26)11-4-3-5-12(8-11)18(19,20)21/h1-6,9-10,16-17,34-35H,7-8,11-13H2,(H,29,30,36);1,3-4,9-10,14-15H,2,5-8,11H2,(H,25,29);3-5,8-9,13H,2,6-7,10H2,1H3,(H,22,27)/t16-,17+;15-;13-/m000/s1. The van der Waals surface area contributed by atoms with E-state index < -0.39 is 54.0 Å². The van der Waals surface area contributed by atoms with Gasteiger partial charge < -0.3 is 40.3 Å². The van der Waals surface area contributed by atoms with Crippen LogP contribution in [0.25, 0.3) is 34.2 Å². The molecular weight excluding hydrogens is 1240 g/mol. The summed E-state index contributed by atoms with van der Waals surface area (Å²) in [4.78, 5) is 80.6. The number of nitrogens with one attached hydrogen (secondary N) is 3. The molecule has 10 heterocycles. The fourth-order valence-electron chi connectivity index (χ4n) is 12.0. The Bertz CT molecular complexity index is 3940. The molecule has 7 aliphatic rings. The van der Waals surface area contributed by atoms with Gasteiger partial charge in [-0.25, -0.2) is 44.3 Å². The van der Waals surface area contributed by atoms with Crippen LogP contribution >= 0.6 is 0 Å². The number of hydrogen-bond donors (Lipinski definition) is 5. The van der Waals surface area contributed by atoms with E-state index in [4.69, 9.17) is 9.84 Å². The number of aromatic nitrogens is 7. The van der Waals surface area contributed by atoms with Gasteiger partial charge in [-0.2, -0.15) is 44.5 Å². The highest BCUT2D eigenvalue weighted by Gasteiger charge is 2.45. The second-order valence-electron chi connectivity index (χ2n) is 23.1. The SMILES string of the molecule is CCNC(=O)N1c2nc(-c3cccc(C(F)(F)F)c3)ncc2N2CC[C@H]1C2.O=C(NC1CCC1)N1c2nc(-c3cccc(C(F)(F)F)c3)ncc2N2CC[C@H]1C2.O=C(Nc1cccc(OC[C@H](O)CO)n1)N1c2nc(-c3cccc(C(F)(F)F)c3)ncc2N2CC[C@H]1C2. The Balaban J connectivity index is 0.000000136. The Morgan fingerprint density at radius 1 is 0.559 bits per heavy atom. The van der Waals surface area contributed by atoms with Crippen molar-refractivity contribution in [3.05, 3.63) is 126 Å². The van der Waals surface area contributed by atoms with Crippen LogP contribution in [0, 0.1) is 0 Å². The molecule has 93 heavy (non-hydrogen) atoms. The molecule has 0 spiro atoms.